The first-order valence-electron chi connectivity index (χ1n) is 5.18. The van der Waals surface area contributed by atoms with E-state index in [1.165, 1.54) is 6.07 Å². The van der Waals surface area contributed by atoms with E-state index in [1.54, 1.807) is 17.9 Å². The van der Waals surface area contributed by atoms with Gasteiger partial charge in [-0.1, -0.05) is 0 Å². The summed E-state index contributed by atoms with van der Waals surface area (Å²) in [5.74, 6) is -0.710. The molecule has 1 aromatic rings. The van der Waals surface area contributed by atoms with Gasteiger partial charge in [0, 0.05) is 18.7 Å². The average molecular weight is 297 g/mol. The molecule has 0 N–H and O–H groups in total. The van der Waals surface area contributed by atoms with E-state index in [4.69, 9.17) is 5.26 Å². The summed E-state index contributed by atoms with van der Waals surface area (Å²) >= 11 is 3.10. The minimum Gasteiger partial charge on any atom is -0.311 e. The van der Waals surface area contributed by atoms with Crippen LogP contribution in [0.2, 0.25) is 0 Å². The van der Waals surface area contributed by atoms with Crippen molar-refractivity contribution in [1.29, 1.82) is 5.26 Å². The quantitative estimate of drug-likeness (QED) is 0.800. The highest BCUT2D eigenvalue weighted by Crippen LogP contribution is 2.31. The fourth-order valence-electron chi connectivity index (χ4n) is 1.95. The molecule has 0 spiro atoms. The number of anilines is 1. The molecule has 1 atom stereocenters. The normalized spacial score (nSPS) is 19.5. The van der Waals surface area contributed by atoms with Crippen LogP contribution in [0.5, 0.6) is 0 Å². The average Bonchev–Trinajstić information content (AvgIpc) is 2.65. The van der Waals surface area contributed by atoms with Crippen LogP contribution in [-0.4, -0.2) is 12.5 Å². The summed E-state index contributed by atoms with van der Waals surface area (Å²) in [4.78, 5) is 13.3. The van der Waals surface area contributed by atoms with E-state index >= 15 is 0 Å². The third kappa shape index (κ3) is 2.18. The van der Waals surface area contributed by atoms with Gasteiger partial charge < -0.3 is 4.90 Å². The standard InChI is InChI=1S/C12H10BrFN2O/c1-7-2-10(14)9(13)4-11(7)16-6-8(5-15)3-12(16)17/h2,4,8H,3,6H2,1H3. The molecule has 1 aliphatic heterocycles. The summed E-state index contributed by atoms with van der Waals surface area (Å²) in [5, 5.41) is 8.82. The molecule has 0 aromatic heterocycles. The molecule has 1 amide bonds. The lowest BCUT2D eigenvalue weighted by molar-refractivity contribution is -0.117. The van der Waals surface area contributed by atoms with Crippen molar-refractivity contribution in [3.05, 3.63) is 28.0 Å². The lowest BCUT2D eigenvalue weighted by Crippen LogP contribution is -2.25. The summed E-state index contributed by atoms with van der Waals surface area (Å²) in [6, 6.07) is 5.06. The van der Waals surface area contributed by atoms with Gasteiger partial charge in [0.2, 0.25) is 5.91 Å². The number of amides is 1. The zero-order chi connectivity index (χ0) is 12.6. The smallest absolute Gasteiger partial charge is 0.228 e. The highest BCUT2D eigenvalue weighted by atomic mass is 79.9. The molecule has 0 aliphatic carbocycles. The Kier molecular flexibility index (Phi) is 3.16. The summed E-state index contributed by atoms with van der Waals surface area (Å²) in [6.07, 6.45) is 0.241. The third-order valence-corrected chi connectivity index (χ3v) is 3.44. The molecule has 17 heavy (non-hydrogen) atoms. The molecule has 2 rings (SSSR count). The van der Waals surface area contributed by atoms with Gasteiger partial charge in [-0.25, -0.2) is 4.39 Å². The Balaban J connectivity index is 2.39. The zero-order valence-electron chi connectivity index (χ0n) is 9.20. The number of hydrogen-bond acceptors (Lipinski definition) is 2. The van der Waals surface area contributed by atoms with Crippen molar-refractivity contribution in [3.63, 3.8) is 0 Å². The van der Waals surface area contributed by atoms with Crippen LogP contribution in [-0.2, 0) is 4.79 Å². The van der Waals surface area contributed by atoms with Crippen LogP contribution in [0.1, 0.15) is 12.0 Å². The van der Waals surface area contributed by atoms with E-state index < -0.39 is 0 Å². The maximum Gasteiger partial charge on any atom is 0.228 e. The summed E-state index contributed by atoms with van der Waals surface area (Å²) < 4.78 is 13.6. The van der Waals surface area contributed by atoms with Crippen LogP contribution in [0.15, 0.2) is 16.6 Å². The summed E-state index contributed by atoms with van der Waals surface area (Å²) in [6.45, 7) is 2.13. The minimum absolute atomic E-state index is 0.0850. The van der Waals surface area contributed by atoms with Crippen LogP contribution in [0.4, 0.5) is 10.1 Å². The monoisotopic (exact) mass is 296 g/mol. The maximum absolute atomic E-state index is 13.3. The molecular weight excluding hydrogens is 287 g/mol. The van der Waals surface area contributed by atoms with Crippen molar-refractivity contribution in [2.45, 2.75) is 13.3 Å². The van der Waals surface area contributed by atoms with Crippen LogP contribution in [0.25, 0.3) is 0 Å². The van der Waals surface area contributed by atoms with Gasteiger partial charge in [0.15, 0.2) is 0 Å². The van der Waals surface area contributed by atoms with Crippen molar-refractivity contribution >= 4 is 27.5 Å². The summed E-state index contributed by atoms with van der Waals surface area (Å²) in [5.41, 5.74) is 1.36. The van der Waals surface area contributed by atoms with Gasteiger partial charge in [-0.15, -0.1) is 0 Å². The van der Waals surface area contributed by atoms with Crippen LogP contribution in [0, 0.1) is 30.0 Å². The number of nitriles is 1. The first kappa shape index (κ1) is 12.1. The number of hydrogen-bond donors (Lipinski definition) is 0. The Morgan fingerprint density at radius 2 is 2.29 bits per heavy atom. The summed E-state index contributed by atoms with van der Waals surface area (Å²) in [7, 11) is 0. The second-order valence-electron chi connectivity index (χ2n) is 4.09. The second kappa shape index (κ2) is 4.46. The molecule has 88 valence electrons. The molecule has 1 unspecified atom stereocenters. The van der Waals surface area contributed by atoms with E-state index in [2.05, 4.69) is 22.0 Å². The van der Waals surface area contributed by atoms with Crippen molar-refractivity contribution in [3.8, 4) is 6.07 Å². The second-order valence-corrected chi connectivity index (χ2v) is 4.94. The number of benzene rings is 1. The number of rotatable bonds is 1. The van der Waals surface area contributed by atoms with Gasteiger partial charge in [0.25, 0.3) is 0 Å². The van der Waals surface area contributed by atoms with Gasteiger partial charge in [-0.3, -0.25) is 4.79 Å². The zero-order valence-corrected chi connectivity index (χ0v) is 10.8. The van der Waals surface area contributed by atoms with E-state index in [-0.39, 0.29) is 24.1 Å². The van der Waals surface area contributed by atoms with Gasteiger partial charge in [0.05, 0.1) is 16.5 Å². The van der Waals surface area contributed by atoms with Crippen LogP contribution >= 0.6 is 15.9 Å². The van der Waals surface area contributed by atoms with Crippen molar-refractivity contribution in [1.82, 2.24) is 0 Å². The largest absolute Gasteiger partial charge is 0.311 e. The fraction of sp³-hybridized carbons (Fsp3) is 0.333. The minimum atomic E-state index is -0.352. The maximum atomic E-state index is 13.3. The molecule has 1 heterocycles. The lowest BCUT2D eigenvalue weighted by Gasteiger charge is -2.19. The highest BCUT2D eigenvalue weighted by molar-refractivity contribution is 9.10. The van der Waals surface area contributed by atoms with Crippen LogP contribution in [0.3, 0.4) is 0 Å². The van der Waals surface area contributed by atoms with Crippen molar-refractivity contribution in [2.24, 2.45) is 5.92 Å². The predicted molar refractivity (Wildman–Crippen MR) is 64.9 cm³/mol. The molecule has 1 fully saturated rings. The van der Waals surface area contributed by atoms with E-state index in [1.807, 2.05) is 0 Å². The molecule has 3 nitrogen and oxygen atoms in total. The highest BCUT2D eigenvalue weighted by Gasteiger charge is 2.31. The number of halogens is 2. The molecule has 1 aromatic carbocycles. The number of carbonyl (C=O) groups excluding carboxylic acids is 1. The van der Waals surface area contributed by atoms with Gasteiger partial charge in [0.1, 0.15) is 5.82 Å². The molecule has 0 radical (unpaired) electrons. The lowest BCUT2D eigenvalue weighted by atomic mass is 10.1. The van der Waals surface area contributed by atoms with Crippen molar-refractivity contribution in [2.75, 3.05) is 11.4 Å². The molecule has 0 bridgehead atoms. The Morgan fingerprint density at radius 3 is 2.88 bits per heavy atom. The van der Waals surface area contributed by atoms with E-state index in [0.717, 1.165) is 0 Å². The number of nitrogens with zero attached hydrogens (tertiary/aromatic N) is 2. The Bertz CT molecular complexity index is 524. The predicted octanol–water partition coefficient (Wildman–Crippen LogP) is 2.77. The first-order chi connectivity index (χ1) is 8.02. The van der Waals surface area contributed by atoms with E-state index in [0.29, 0.717) is 22.3 Å². The first-order valence-corrected chi connectivity index (χ1v) is 5.98. The van der Waals surface area contributed by atoms with Crippen LogP contribution < -0.4 is 4.90 Å². The van der Waals surface area contributed by atoms with Gasteiger partial charge in [-0.2, -0.15) is 5.26 Å². The number of carbonyl (C=O) groups is 1. The third-order valence-electron chi connectivity index (χ3n) is 2.84. The molecule has 1 aliphatic rings. The van der Waals surface area contributed by atoms with Gasteiger partial charge in [-0.05, 0) is 40.5 Å². The molecule has 0 saturated carbocycles. The Morgan fingerprint density at radius 1 is 1.59 bits per heavy atom. The van der Waals surface area contributed by atoms with Gasteiger partial charge >= 0.3 is 0 Å². The van der Waals surface area contributed by atoms with E-state index in [9.17, 15) is 9.18 Å². The Hall–Kier alpha value is -1.41. The fourth-order valence-corrected chi connectivity index (χ4v) is 2.28. The molecule has 5 heteroatoms. The SMILES string of the molecule is Cc1cc(F)c(Br)cc1N1CC(C#N)CC1=O. The Labute approximate surface area is 107 Å². The number of aryl methyl sites for hydroxylation is 1. The van der Waals surface area contributed by atoms with Crippen molar-refractivity contribution < 1.29 is 9.18 Å². The topological polar surface area (TPSA) is 44.1 Å². The molecular formula is C12H10BrFN2O. The molecule has 1 saturated heterocycles.